The first kappa shape index (κ1) is 12.9. The van der Waals surface area contributed by atoms with Gasteiger partial charge in [-0.05, 0) is 18.1 Å². The third-order valence-corrected chi connectivity index (χ3v) is 2.65. The van der Waals surface area contributed by atoms with E-state index in [0.717, 1.165) is 10.0 Å². The zero-order chi connectivity index (χ0) is 12.0. The van der Waals surface area contributed by atoms with E-state index in [1.165, 1.54) is 6.42 Å². The highest BCUT2D eigenvalue weighted by molar-refractivity contribution is 9.10. The third-order valence-electron chi connectivity index (χ3n) is 1.88. The summed E-state index contributed by atoms with van der Waals surface area (Å²) >= 11 is 3.32. The SMILES string of the molecule is CC[CH]C(=O)OC(=O)Cc1ccccc1Br. The van der Waals surface area contributed by atoms with Crippen LogP contribution in [0.4, 0.5) is 0 Å². The summed E-state index contributed by atoms with van der Waals surface area (Å²) in [4.78, 5) is 22.4. The molecule has 0 atom stereocenters. The Balaban J connectivity index is 2.52. The maximum atomic E-state index is 11.4. The molecule has 0 unspecified atom stereocenters. The maximum absolute atomic E-state index is 11.4. The van der Waals surface area contributed by atoms with Crippen molar-refractivity contribution in [3.8, 4) is 0 Å². The van der Waals surface area contributed by atoms with Gasteiger partial charge in [0.25, 0.3) is 0 Å². The van der Waals surface area contributed by atoms with Gasteiger partial charge in [-0.3, -0.25) is 9.59 Å². The van der Waals surface area contributed by atoms with E-state index >= 15 is 0 Å². The van der Waals surface area contributed by atoms with Gasteiger partial charge in [0.15, 0.2) is 0 Å². The van der Waals surface area contributed by atoms with Crippen LogP contribution in [0.2, 0.25) is 0 Å². The van der Waals surface area contributed by atoms with Crippen LogP contribution in [0.1, 0.15) is 18.9 Å². The predicted octanol–water partition coefficient (Wildman–Crippen LogP) is 2.68. The summed E-state index contributed by atoms with van der Waals surface area (Å²) in [5.41, 5.74) is 0.803. The van der Waals surface area contributed by atoms with Gasteiger partial charge in [-0.2, -0.15) is 0 Å². The molecule has 3 nitrogen and oxygen atoms in total. The van der Waals surface area contributed by atoms with E-state index in [9.17, 15) is 9.59 Å². The fourth-order valence-corrected chi connectivity index (χ4v) is 1.58. The molecule has 85 valence electrons. The van der Waals surface area contributed by atoms with Crippen LogP contribution in [0.25, 0.3) is 0 Å². The van der Waals surface area contributed by atoms with Gasteiger partial charge in [-0.1, -0.05) is 41.1 Å². The van der Waals surface area contributed by atoms with E-state index in [2.05, 4.69) is 20.7 Å². The molecule has 1 rings (SSSR count). The number of carbonyl (C=O) groups is 2. The van der Waals surface area contributed by atoms with Crippen molar-refractivity contribution >= 4 is 27.9 Å². The molecule has 0 aliphatic heterocycles. The Hall–Kier alpha value is -1.16. The highest BCUT2D eigenvalue weighted by Gasteiger charge is 2.11. The van der Waals surface area contributed by atoms with E-state index in [1.54, 1.807) is 13.0 Å². The fourth-order valence-electron chi connectivity index (χ4n) is 1.15. The third kappa shape index (κ3) is 4.14. The molecule has 0 aliphatic carbocycles. The molecule has 0 N–H and O–H groups in total. The van der Waals surface area contributed by atoms with Crippen LogP contribution < -0.4 is 0 Å². The summed E-state index contributed by atoms with van der Waals surface area (Å²) < 4.78 is 5.43. The lowest BCUT2D eigenvalue weighted by molar-refractivity contribution is -0.156. The van der Waals surface area contributed by atoms with Gasteiger partial charge in [0, 0.05) is 4.47 Å². The van der Waals surface area contributed by atoms with Crippen molar-refractivity contribution in [2.75, 3.05) is 0 Å². The van der Waals surface area contributed by atoms with Crippen molar-refractivity contribution < 1.29 is 14.3 Å². The molecule has 16 heavy (non-hydrogen) atoms. The lowest BCUT2D eigenvalue weighted by Crippen LogP contribution is -2.14. The van der Waals surface area contributed by atoms with Gasteiger partial charge in [0.05, 0.1) is 12.8 Å². The zero-order valence-electron chi connectivity index (χ0n) is 8.90. The summed E-state index contributed by atoms with van der Waals surface area (Å²) in [6.07, 6.45) is 1.98. The van der Waals surface area contributed by atoms with E-state index in [0.29, 0.717) is 6.42 Å². The summed E-state index contributed by atoms with van der Waals surface area (Å²) in [6.45, 7) is 1.81. The molecule has 0 aromatic heterocycles. The second kappa shape index (κ2) is 6.43. The van der Waals surface area contributed by atoms with E-state index in [4.69, 9.17) is 0 Å². The van der Waals surface area contributed by atoms with Crippen molar-refractivity contribution in [2.24, 2.45) is 0 Å². The van der Waals surface area contributed by atoms with Crippen LogP contribution in [-0.2, 0) is 20.7 Å². The van der Waals surface area contributed by atoms with Crippen LogP contribution in [-0.4, -0.2) is 11.9 Å². The Kier molecular flexibility index (Phi) is 5.19. The average Bonchev–Trinajstić information content (AvgIpc) is 2.21. The van der Waals surface area contributed by atoms with E-state index in [1.807, 2.05) is 18.2 Å². The van der Waals surface area contributed by atoms with E-state index < -0.39 is 11.9 Å². The Morgan fingerprint density at radius 1 is 1.38 bits per heavy atom. The summed E-state index contributed by atoms with van der Waals surface area (Å²) in [6, 6.07) is 7.32. The van der Waals surface area contributed by atoms with Crippen LogP contribution in [0.15, 0.2) is 28.7 Å². The average molecular weight is 284 g/mol. The van der Waals surface area contributed by atoms with Gasteiger partial charge >= 0.3 is 11.9 Å². The molecule has 0 bridgehead atoms. The first-order chi connectivity index (χ1) is 7.63. The highest BCUT2D eigenvalue weighted by atomic mass is 79.9. The summed E-state index contributed by atoms with van der Waals surface area (Å²) in [5.74, 6) is -1.12. The van der Waals surface area contributed by atoms with Gasteiger partial charge in [0.2, 0.25) is 0 Å². The molecule has 0 saturated heterocycles. The second-order valence-electron chi connectivity index (χ2n) is 3.17. The van der Waals surface area contributed by atoms with Crippen molar-refractivity contribution in [1.29, 1.82) is 0 Å². The zero-order valence-corrected chi connectivity index (χ0v) is 10.5. The van der Waals surface area contributed by atoms with E-state index in [-0.39, 0.29) is 6.42 Å². The molecule has 0 heterocycles. The molecule has 0 amide bonds. The standard InChI is InChI=1S/C12H12BrO3/c1-2-5-11(14)16-12(15)8-9-6-3-4-7-10(9)13/h3-7H,2,8H2,1H3. The maximum Gasteiger partial charge on any atom is 0.317 e. The lowest BCUT2D eigenvalue weighted by atomic mass is 10.1. The van der Waals surface area contributed by atoms with Gasteiger partial charge in [-0.25, -0.2) is 0 Å². The summed E-state index contributed by atoms with van der Waals surface area (Å²) in [5, 5.41) is 0. The Morgan fingerprint density at radius 2 is 2.06 bits per heavy atom. The molecule has 1 aromatic carbocycles. The van der Waals surface area contributed by atoms with Gasteiger partial charge in [-0.15, -0.1) is 0 Å². The monoisotopic (exact) mass is 283 g/mol. The molecular formula is C12H12BrO3. The molecular weight excluding hydrogens is 272 g/mol. The van der Waals surface area contributed by atoms with Crippen LogP contribution in [0, 0.1) is 6.42 Å². The smallest absolute Gasteiger partial charge is 0.317 e. The molecule has 0 saturated carbocycles. The second-order valence-corrected chi connectivity index (χ2v) is 4.03. The largest absolute Gasteiger partial charge is 0.393 e. The van der Waals surface area contributed by atoms with Crippen molar-refractivity contribution in [3.63, 3.8) is 0 Å². The van der Waals surface area contributed by atoms with Crippen molar-refractivity contribution in [3.05, 3.63) is 40.7 Å². The number of hydrogen-bond acceptors (Lipinski definition) is 3. The molecule has 0 aliphatic rings. The predicted molar refractivity (Wildman–Crippen MR) is 63.5 cm³/mol. The van der Waals surface area contributed by atoms with Gasteiger partial charge < -0.3 is 4.74 Å². The molecule has 4 heteroatoms. The quantitative estimate of drug-likeness (QED) is 0.630. The van der Waals surface area contributed by atoms with Crippen LogP contribution in [0.3, 0.4) is 0 Å². The minimum absolute atomic E-state index is 0.0880. The van der Waals surface area contributed by atoms with Crippen LogP contribution >= 0.6 is 15.9 Å². The fraction of sp³-hybridized carbons (Fsp3) is 0.250. The number of hydrogen-bond donors (Lipinski definition) is 0. The number of ether oxygens (including phenoxy) is 1. The number of benzene rings is 1. The Labute approximate surface area is 103 Å². The Bertz CT molecular complexity index is 388. The Morgan fingerprint density at radius 3 is 2.69 bits per heavy atom. The van der Waals surface area contributed by atoms with Crippen molar-refractivity contribution in [2.45, 2.75) is 19.8 Å². The van der Waals surface area contributed by atoms with Gasteiger partial charge in [0.1, 0.15) is 0 Å². The molecule has 1 aromatic rings. The number of halogens is 1. The number of rotatable bonds is 4. The van der Waals surface area contributed by atoms with Crippen molar-refractivity contribution in [1.82, 2.24) is 0 Å². The summed E-state index contributed by atoms with van der Waals surface area (Å²) in [7, 11) is 0. The minimum Gasteiger partial charge on any atom is -0.393 e. The molecule has 1 radical (unpaired) electrons. The lowest BCUT2D eigenvalue weighted by Gasteiger charge is -2.03. The first-order valence-electron chi connectivity index (χ1n) is 4.94. The van der Waals surface area contributed by atoms with Crippen LogP contribution in [0.5, 0.6) is 0 Å². The number of carbonyl (C=O) groups excluding carboxylic acids is 2. The topological polar surface area (TPSA) is 43.4 Å². The minimum atomic E-state index is -0.584. The molecule has 0 fully saturated rings. The normalized spacial score (nSPS) is 9.88. The highest BCUT2D eigenvalue weighted by Crippen LogP contribution is 2.16. The molecule has 0 spiro atoms. The first-order valence-corrected chi connectivity index (χ1v) is 5.74. The number of esters is 2.